The highest BCUT2D eigenvalue weighted by atomic mass is 16.1. The first-order chi connectivity index (χ1) is 8.19. The van der Waals surface area contributed by atoms with E-state index in [9.17, 15) is 4.79 Å². The molecule has 0 atom stereocenters. The summed E-state index contributed by atoms with van der Waals surface area (Å²) in [7, 11) is 3.37. The van der Waals surface area contributed by atoms with Gasteiger partial charge in [0.05, 0.1) is 0 Å². The van der Waals surface area contributed by atoms with Crippen LogP contribution in [0.4, 0.5) is 11.6 Å². The molecule has 2 rings (SSSR count). The Kier molecular flexibility index (Phi) is 2.99. The summed E-state index contributed by atoms with van der Waals surface area (Å²) < 4.78 is 1.68. The molecule has 2 aromatic rings. The van der Waals surface area contributed by atoms with Crippen LogP contribution in [0.5, 0.6) is 0 Å². The van der Waals surface area contributed by atoms with Crippen molar-refractivity contribution in [1.29, 1.82) is 0 Å². The van der Waals surface area contributed by atoms with Gasteiger partial charge in [0.25, 0.3) is 5.91 Å². The number of rotatable bonds is 3. The predicted octanol–water partition coefficient (Wildman–Crippen LogP) is 0.313. The molecule has 0 spiro atoms. The Morgan fingerprint density at radius 3 is 2.59 bits per heavy atom. The van der Waals surface area contributed by atoms with Crippen LogP contribution in [0.25, 0.3) is 0 Å². The van der Waals surface area contributed by atoms with Crippen LogP contribution < -0.4 is 10.6 Å². The lowest BCUT2D eigenvalue weighted by Gasteiger charge is -2.01. The van der Waals surface area contributed by atoms with Crippen molar-refractivity contribution in [2.24, 2.45) is 7.05 Å². The maximum absolute atomic E-state index is 11.2. The third kappa shape index (κ3) is 2.57. The second kappa shape index (κ2) is 4.60. The lowest BCUT2D eigenvalue weighted by atomic mass is 10.3. The lowest BCUT2D eigenvalue weighted by molar-refractivity contribution is 0.0957. The Hall–Kier alpha value is -2.44. The lowest BCUT2D eigenvalue weighted by Crippen LogP contribution is -2.19. The van der Waals surface area contributed by atoms with Crippen molar-refractivity contribution in [2.75, 3.05) is 12.4 Å². The van der Waals surface area contributed by atoms with Gasteiger partial charge in [-0.15, -0.1) is 10.2 Å². The number of carbonyl (C=O) groups excluding carboxylic acids is 1. The van der Waals surface area contributed by atoms with Gasteiger partial charge in [-0.2, -0.15) is 5.10 Å². The van der Waals surface area contributed by atoms with Gasteiger partial charge in [0, 0.05) is 26.4 Å². The zero-order chi connectivity index (χ0) is 12.3. The van der Waals surface area contributed by atoms with Crippen LogP contribution in [-0.4, -0.2) is 32.9 Å². The number of hydrogen-bond donors (Lipinski definition) is 2. The van der Waals surface area contributed by atoms with Gasteiger partial charge < -0.3 is 10.6 Å². The van der Waals surface area contributed by atoms with E-state index in [0.29, 0.717) is 11.6 Å². The summed E-state index contributed by atoms with van der Waals surface area (Å²) in [4.78, 5) is 11.2. The summed E-state index contributed by atoms with van der Waals surface area (Å²) in [6.45, 7) is 0. The molecule has 0 bridgehead atoms. The second-order valence-corrected chi connectivity index (χ2v) is 3.38. The first-order valence-corrected chi connectivity index (χ1v) is 5.01. The van der Waals surface area contributed by atoms with Crippen LogP contribution in [0.1, 0.15) is 10.5 Å². The topological polar surface area (TPSA) is 84.7 Å². The minimum Gasteiger partial charge on any atom is -0.354 e. The fraction of sp³-hybridized carbons (Fsp3) is 0.200. The molecular weight excluding hydrogens is 220 g/mol. The molecule has 88 valence electrons. The third-order valence-corrected chi connectivity index (χ3v) is 2.09. The molecule has 2 aromatic heterocycles. The van der Waals surface area contributed by atoms with Crippen LogP contribution in [0.15, 0.2) is 24.4 Å². The molecule has 2 N–H and O–H groups in total. The average Bonchev–Trinajstić information content (AvgIpc) is 2.75. The van der Waals surface area contributed by atoms with E-state index in [1.165, 1.54) is 0 Å². The number of amides is 1. The smallest absolute Gasteiger partial charge is 0.271 e. The Balaban J connectivity index is 2.10. The minimum absolute atomic E-state index is 0.262. The second-order valence-electron chi connectivity index (χ2n) is 3.38. The Bertz CT molecular complexity index is 518. The first-order valence-electron chi connectivity index (χ1n) is 5.01. The van der Waals surface area contributed by atoms with Crippen molar-refractivity contribution in [1.82, 2.24) is 25.3 Å². The van der Waals surface area contributed by atoms with Crippen LogP contribution in [-0.2, 0) is 7.05 Å². The van der Waals surface area contributed by atoms with Crippen LogP contribution in [0.2, 0.25) is 0 Å². The van der Waals surface area contributed by atoms with E-state index in [4.69, 9.17) is 0 Å². The molecule has 0 unspecified atom stereocenters. The molecule has 0 aliphatic carbocycles. The molecule has 7 heteroatoms. The van der Waals surface area contributed by atoms with Crippen LogP contribution in [0, 0.1) is 0 Å². The summed E-state index contributed by atoms with van der Waals surface area (Å²) in [5.74, 6) is 0.952. The maximum atomic E-state index is 11.2. The Morgan fingerprint density at radius 2 is 2.06 bits per heavy atom. The highest BCUT2D eigenvalue weighted by Gasteiger charge is 2.05. The molecule has 1 amide bonds. The number of aryl methyl sites for hydroxylation is 1. The third-order valence-electron chi connectivity index (χ3n) is 2.09. The molecule has 7 nitrogen and oxygen atoms in total. The van der Waals surface area contributed by atoms with Gasteiger partial charge in [-0.25, -0.2) is 0 Å². The highest BCUT2D eigenvalue weighted by Crippen LogP contribution is 2.10. The van der Waals surface area contributed by atoms with Gasteiger partial charge in [0.2, 0.25) is 0 Å². The summed E-state index contributed by atoms with van der Waals surface area (Å²) in [5.41, 5.74) is 0.277. The molecule has 2 heterocycles. The van der Waals surface area contributed by atoms with Gasteiger partial charge in [-0.1, -0.05) is 0 Å². The summed E-state index contributed by atoms with van der Waals surface area (Å²) in [6, 6.07) is 5.08. The number of nitrogens with one attached hydrogen (secondary N) is 2. The molecule has 0 saturated heterocycles. The molecule has 0 aliphatic heterocycles. The highest BCUT2D eigenvalue weighted by molar-refractivity contribution is 5.91. The van der Waals surface area contributed by atoms with Crippen molar-refractivity contribution >= 4 is 17.5 Å². The fourth-order valence-corrected chi connectivity index (χ4v) is 1.26. The molecule has 0 radical (unpaired) electrons. The minimum atomic E-state index is -0.262. The Morgan fingerprint density at radius 1 is 1.24 bits per heavy atom. The van der Waals surface area contributed by atoms with E-state index >= 15 is 0 Å². The standard InChI is InChI=1S/C10H12N6O/c1-11-10(17)7-3-4-8(14-13-7)12-9-5-6-16(2)15-9/h3-6H,1-2H3,(H,11,17)(H,12,14,15). The fourth-order valence-electron chi connectivity index (χ4n) is 1.26. The quantitative estimate of drug-likeness (QED) is 0.795. The van der Waals surface area contributed by atoms with E-state index in [-0.39, 0.29) is 11.6 Å². The van der Waals surface area contributed by atoms with Crippen molar-refractivity contribution < 1.29 is 4.79 Å². The van der Waals surface area contributed by atoms with Gasteiger partial charge in [0.1, 0.15) is 0 Å². The summed E-state index contributed by atoms with van der Waals surface area (Å²) in [6.07, 6.45) is 1.81. The van der Waals surface area contributed by atoms with Crippen molar-refractivity contribution in [3.05, 3.63) is 30.1 Å². The molecule has 0 saturated carbocycles. The van der Waals surface area contributed by atoms with Gasteiger partial charge in [-0.3, -0.25) is 9.48 Å². The Labute approximate surface area is 97.9 Å². The average molecular weight is 232 g/mol. The molecule has 0 aliphatic rings. The molecule has 0 aromatic carbocycles. The number of anilines is 2. The van der Waals surface area contributed by atoms with Crippen LogP contribution >= 0.6 is 0 Å². The van der Waals surface area contributed by atoms with Crippen molar-refractivity contribution in [3.63, 3.8) is 0 Å². The van der Waals surface area contributed by atoms with E-state index in [2.05, 4.69) is 25.9 Å². The number of aromatic nitrogens is 4. The van der Waals surface area contributed by atoms with E-state index in [1.807, 2.05) is 19.3 Å². The van der Waals surface area contributed by atoms with Gasteiger partial charge in [0.15, 0.2) is 17.3 Å². The van der Waals surface area contributed by atoms with Gasteiger partial charge >= 0.3 is 0 Å². The first kappa shape index (κ1) is 11.1. The number of nitrogens with zero attached hydrogens (tertiary/aromatic N) is 4. The zero-order valence-electron chi connectivity index (χ0n) is 9.51. The van der Waals surface area contributed by atoms with E-state index < -0.39 is 0 Å². The van der Waals surface area contributed by atoms with E-state index in [0.717, 1.165) is 0 Å². The maximum Gasteiger partial charge on any atom is 0.271 e. The molecule has 17 heavy (non-hydrogen) atoms. The number of hydrogen-bond acceptors (Lipinski definition) is 5. The molecular formula is C10H12N6O. The number of carbonyl (C=O) groups is 1. The zero-order valence-corrected chi connectivity index (χ0v) is 9.51. The normalized spacial score (nSPS) is 10.0. The SMILES string of the molecule is CNC(=O)c1ccc(Nc2ccn(C)n2)nn1. The van der Waals surface area contributed by atoms with Gasteiger partial charge in [-0.05, 0) is 12.1 Å². The monoisotopic (exact) mass is 232 g/mol. The summed E-state index contributed by atoms with van der Waals surface area (Å²) >= 11 is 0. The predicted molar refractivity (Wildman–Crippen MR) is 61.9 cm³/mol. The largest absolute Gasteiger partial charge is 0.354 e. The van der Waals surface area contributed by atoms with Crippen molar-refractivity contribution in [2.45, 2.75) is 0 Å². The van der Waals surface area contributed by atoms with Crippen LogP contribution in [0.3, 0.4) is 0 Å². The molecule has 0 fully saturated rings. The van der Waals surface area contributed by atoms with Crippen molar-refractivity contribution in [3.8, 4) is 0 Å². The van der Waals surface area contributed by atoms with E-state index in [1.54, 1.807) is 23.9 Å². The summed E-state index contributed by atoms with van der Waals surface area (Å²) in [5, 5.41) is 17.3.